The lowest BCUT2D eigenvalue weighted by molar-refractivity contribution is 0.344. The van der Waals surface area contributed by atoms with E-state index in [2.05, 4.69) is 60.2 Å². The second kappa shape index (κ2) is 6.77. The van der Waals surface area contributed by atoms with Gasteiger partial charge in [-0.2, -0.15) is 5.10 Å². The zero-order chi connectivity index (χ0) is 12.8. The molecular formula is C13H26N4. The monoisotopic (exact) mass is 238 g/mol. The van der Waals surface area contributed by atoms with E-state index in [0.717, 1.165) is 19.4 Å². The Hall–Kier alpha value is -0.870. The number of aromatic nitrogens is 2. The van der Waals surface area contributed by atoms with Gasteiger partial charge in [0.1, 0.15) is 0 Å². The number of likely N-dealkylation sites (N-methyl/N-ethyl adjacent to an activating group) is 2. The highest BCUT2D eigenvalue weighted by atomic mass is 15.3. The third-order valence-electron chi connectivity index (χ3n) is 3.16. The summed E-state index contributed by atoms with van der Waals surface area (Å²) in [6, 6.07) is 3.09. The summed E-state index contributed by atoms with van der Waals surface area (Å²) >= 11 is 0. The van der Waals surface area contributed by atoms with Crippen molar-refractivity contribution < 1.29 is 0 Å². The van der Waals surface area contributed by atoms with Gasteiger partial charge in [-0.25, -0.2) is 0 Å². The van der Waals surface area contributed by atoms with Crippen LogP contribution in [-0.2, 0) is 6.42 Å². The molecule has 0 saturated carbocycles. The number of nitrogens with zero attached hydrogens (tertiary/aromatic N) is 3. The molecule has 0 aliphatic heterocycles. The van der Waals surface area contributed by atoms with Gasteiger partial charge in [0, 0.05) is 31.2 Å². The van der Waals surface area contributed by atoms with Gasteiger partial charge in [0.25, 0.3) is 0 Å². The van der Waals surface area contributed by atoms with Gasteiger partial charge >= 0.3 is 0 Å². The average molecular weight is 238 g/mol. The van der Waals surface area contributed by atoms with Crippen LogP contribution in [0.25, 0.3) is 0 Å². The van der Waals surface area contributed by atoms with E-state index in [1.165, 1.54) is 5.69 Å². The molecule has 0 bridgehead atoms. The Morgan fingerprint density at radius 3 is 2.71 bits per heavy atom. The van der Waals surface area contributed by atoms with Crippen LogP contribution in [0, 0.1) is 0 Å². The third-order valence-corrected chi connectivity index (χ3v) is 3.16. The normalized spacial score (nSPS) is 15.2. The van der Waals surface area contributed by atoms with Crippen molar-refractivity contribution in [2.24, 2.45) is 0 Å². The molecule has 4 nitrogen and oxygen atoms in total. The fourth-order valence-electron chi connectivity index (χ4n) is 1.87. The van der Waals surface area contributed by atoms with Gasteiger partial charge in [0.15, 0.2) is 0 Å². The smallest absolute Gasteiger partial charge is 0.0640 e. The van der Waals surface area contributed by atoms with E-state index >= 15 is 0 Å². The topological polar surface area (TPSA) is 33.1 Å². The maximum absolute atomic E-state index is 4.63. The van der Waals surface area contributed by atoms with Gasteiger partial charge in [-0.1, -0.05) is 6.92 Å². The predicted octanol–water partition coefficient (Wildman–Crippen LogP) is 1.55. The summed E-state index contributed by atoms with van der Waals surface area (Å²) < 4.78 is 2.07. The van der Waals surface area contributed by atoms with E-state index < -0.39 is 0 Å². The van der Waals surface area contributed by atoms with E-state index in [1.54, 1.807) is 0 Å². The van der Waals surface area contributed by atoms with Crippen molar-refractivity contribution in [3.63, 3.8) is 0 Å². The van der Waals surface area contributed by atoms with Gasteiger partial charge < -0.3 is 10.2 Å². The van der Waals surface area contributed by atoms with Crippen molar-refractivity contribution in [1.82, 2.24) is 20.0 Å². The largest absolute Gasteiger partial charge is 0.315 e. The summed E-state index contributed by atoms with van der Waals surface area (Å²) in [6.45, 7) is 5.42. The zero-order valence-electron chi connectivity index (χ0n) is 11.8. The SMILES string of the molecule is CCC(C)n1ccc(CC(CN(C)C)NC)n1. The Morgan fingerprint density at radius 1 is 1.47 bits per heavy atom. The van der Waals surface area contributed by atoms with E-state index in [4.69, 9.17) is 0 Å². The van der Waals surface area contributed by atoms with E-state index in [0.29, 0.717) is 12.1 Å². The van der Waals surface area contributed by atoms with Gasteiger partial charge in [0.05, 0.1) is 5.69 Å². The van der Waals surface area contributed by atoms with Crippen molar-refractivity contribution in [2.45, 2.75) is 38.8 Å². The summed E-state index contributed by atoms with van der Waals surface area (Å²) in [6.07, 6.45) is 4.19. The number of rotatable bonds is 7. The Bertz CT molecular complexity index is 319. The lowest BCUT2D eigenvalue weighted by Gasteiger charge is -2.19. The van der Waals surface area contributed by atoms with Crippen molar-refractivity contribution in [3.05, 3.63) is 18.0 Å². The van der Waals surface area contributed by atoms with Crippen LogP contribution in [0.3, 0.4) is 0 Å². The van der Waals surface area contributed by atoms with Crippen molar-refractivity contribution in [1.29, 1.82) is 0 Å². The van der Waals surface area contributed by atoms with Crippen molar-refractivity contribution >= 4 is 0 Å². The minimum Gasteiger partial charge on any atom is -0.315 e. The molecule has 0 aliphatic rings. The van der Waals surface area contributed by atoms with E-state index in [-0.39, 0.29) is 0 Å². The Labute approximate surface area is 105 Å². The Kier molecular flexibility index (Phi) is 5.65. The molecule has 98 valence electrons. The molecule has 17 heavy (non-hydrogen) atoms. The predicted molar refractivity (Wildman–Crippen MR) is 72.3 cm³/mol. The highest BCUT2D eigenvalue weighted by molar-refractivity contribution is 5.02. The molecule has 0 radical (unpaired) electrons. The summed E-state index contributed by atoms with van der Waals surface area (Å²) in [7, 11) is 6.21. The molecule has 4 heteroatoms. The number of nitrogens with one attached hydrogen (secondary N) is 1. The fraction of sp³-hybridized carbons (Fsp3) is 0.769. The van der Waals surface area contributed by atoms with Crippen LogP contribution >= 0.6 is 0 Å². The van der Waals surface area contributed by atoms with Crippen LogP contribution < -0.4 is 5.32 Å². The molecule has 1 aromatic heterocycles. The second-order valence-corrected chi connectivity index (χ2v) is 5.00. The standard InChI is InChI=1S/C13H26N4/c1-6-11(2)17-8-7-12(15-17)9-13(14-3)10-16(4)5/h7-8,11,13-14H,6,9-10H2,1-5H3. The van der Waals surface area contributed by atoms with Crippen molar-refractivity contribution in [3.8, 4) is 0 Å². The maximum Gasteiger partial charge on any atom is 0.0640 e. The molecule has 2 unspecified atom stereocenters. The minimum atomic E-state index is 0.463. The molecule has 2 atom stereocenters. The van der Waals surface area contributed by atoms with Crippen LogP contribution in [0.2, 0.25) is 0 Å². The molecule has 1 heterocycles. The zero-order valence-corrected chi connectivity index (χ0v) is 11.8. The highest BCUT2D eigenvalue weighted by Gasteiger charge is 2.11. The van der Waals surface area contributed by atoms with Crippen LogP contribution in [0.1, 0.15) is 32.0 Å². The number of hydrogen-bond acceptors (Lipinski definition) is 3. The minimum absolute atomic E-state index is 0.463. The van der Waals surface area contributed by atoms with Gasteiger partial charge in [-0.3, -0.25) is 4.68 Å². The maximum atomic E-state index is 4.63. The molecule has 0 aliphatic carbocycles. The van der Waals surface area contributed by atoms with Gasteiger partial charge in [-0.05, 0) is 40.6 Å². The Morgan fingerprint density at radius 2 is 2.18 bits per heavy atom. The van der Waals surface area contributed by atoms with Gasteiger partial charge in [0.2, 0.25) is 0 Å². The lowest BCUT2D eigenvalue weighted by Crippen LogP contribution is -2.37. The first-order chi connectivity index (χ1) is 8.06. The second-order valence-electron chi connectivity index (χ2n) is 5.00. The Balaban J connectivity index is 2.58. The number of hydrogen-bond donors (Lipinski definition) is 1. The summed E-state index contributed by atoms with van der Waals surface area (Å²) in [5.74, 6) is 0. The molecule has 1 rings (SSSR count). The third kappa shape index (κ3) is 4.48. The van der Waals surface area contributed by atoms with E-state index in [9.17, 15) is 0 Å². The fourth-order valence-corrected chi connectivity index (χ4v) is 1.87. The highest BCUT2D eigenvalue weighted by Crippen LogP contribution is 2.10. The lowest BCUT2D eigenvalue weighted by atomic mass is 10.1. The summed E-state index contributed by atoms with van der Waals surface area (Å²) in [5.41, 5.74) is 1.17. The molecule has 0 aromatic carbocycles. The molecule has 0 fully saturated rings. The summed E-state index contributed by atoms with van der Waals surface area (Å²) in [5, 5.41) is 7.98. The first-order valence-corrected chi connectivity index (χ1v) is 6.42. The first-order valence-electron chi connectivity index (χ1n) is 6.42. The van der Waals surface area contributed by atoms with Crippen LogP contribution in [0.4, 0.5) is 0 Å². The van der Waals surface area contributed by atoms with Crippen LogP contribution in [0.15, 0.2) is 12.3 Å². The molecule has 0 spiro atoms. The van der Waals surface area contributed by atoms with E-state index in [1.807, 2.05) is 7.05 Å². The molecule has 1 N–H and O–H groups in total. The quantitative estimate of drug-likeness (QED) is 0.782. The molecular weight excluding hydrogens is 212 g/mol. The molecule has 1 aromatic rings. The average Bonchev–Trinajstić information content (AvgIpc) is 2.75. The van der Waals surface area contributed by atoms with Gasteiger partial charge in [-0.15, -0.1) is 0 Å². The molecule has 0 saturated heterocycles. The molecule has 0 amide bonds. The van der Waals surface area contributed by atoms with Crippen LogP contribution in [0.5, 0.6) is 0 Å². The first kappa shape index (κ1) is 14.2. The van der Waals surface area contributed by atoms with Crippen LogP contribution in [-0.4, -0.2) is 48.4 Å². The van der Waals surface area contributed by atoms with Crippen molar-refractivity contribution in [2.75, 3.05) is 27.7 Å². The summed E-state index contributed by atoms with van der Waals surface area (Å²) in [4.78, 5) is 2.20.